The maximum atomic E-state index is 10.8. The van der Waals surface area contributed by atoms with Crippen LogP contribution in [0.15, 0.2) is 0 Å². The zero-order valence-electron chi connectivity index (χ0n) is 8.60. The molecule has 0 aromatic heterocycles. The van der Waals surface area contributed by atoms with Gasteiger partial charge in [0.1, 0.15) is 0 Å². The lowest BCUT2D eigenvalue weighted by molar-refractivity contribution is -0.601. The Morgan fingerprint density at radius 1 is 0.786 bits per heavy atom. The Labute approximate surface area is 81.9 Å². The molecule has 0 aromatic rings. The quantitative estimate of drug-likeness (QED) is 0.382. The van der Waals surface area contributed by atoms with Crippen LogP contribution in [0.2, 0.25) is 0 Å². The summed E-state index contributed by atoms with van der Waals surface area (Å²) in [5.74, 6) is -1.94. The third-order valence-electron chi connectivity index (χ3n) is 1.20. The summed E-state index contributed by atoms with van der Waals surface area (Å²) in [7, 11) is 0. The molecule has 0 saturated heterocycles. The van der Waals surface area contributed by atoms with Crippen molar-refractivity contribution in [1.29, 1.82) is 0 Å². The van der Waals surface area contributed by atoms with Crippen molar-refractivity contribution < 1.29 is 29.4 Å². The van der Waals surface area contributed by atoms with Crippen LogP contribution >= 0.6 is 0 Å². The fourth-order valence-electron chi connectivity index (χ4n) is 0.287. The molecule has 0 aliphatic heterocycles. The Morgan fingerprint density at radius 2 is 1.07 bits per heavy atom. The van der Waals surface area contributed by atoms with Crippen molar-refractivity contribution in [1.82, 2.24) is 0 Å². The molecule has 0 unspecified atom stereocenters. The van der Waals surface area contributed by atoms with E-state index in [0.717, 1.165) is 0 Å². The molecule has 6 heteroatoms. The van der Waals surface area contributed by atoms with E-state index in [9.17, 15) is 9.59 Å². The molecule has 0 rings (SSSR count). The highest BCUT2D eigenvalue weighted by atomic mass is 17.7. The Balaban J connectivity index is 3.48. The Kier molecular flexibility index (Phi) is 5.82. The minimum Gasteiger partial charge on any atom is -0.266 e. The van der Waals surface area contributed by atoms with Gasteiger partial charge in [0.15, 0.2) is 0 Å². The molecular formula is C8H14O6. The van der Waals surface area contributed by atoms with Crippen LogP contribution in [-0.4, -0.2) is 11.9 Å². The normalized spacial score (nSPS) is 10.4. The van der Waals surface area contributed by atoms with Crippen molar-refractivity contribution in [3.05, 3.63) is 0 Å². The molecule has 82 valence electrons. The molecule has 0 aromatic carbocycles. The van der Waals surface area contributed by atoms with E-state index in [0.29, 0.717) is 0 Å². The van der Waals surface area contributed by atoms with E-state index in [-0.39, 0.29) is 11.8 Å². The predicted molar refractivity (Wildman–Crippen MR) is 44.0 cm³/mol. The van der Waals surface area contributed by atoms with Crippen molar-refractivity contribution in [2.45, 2.75) is 27.7 Å². The Bertz CT molecular complexity index is 176. The summed E-state index contributed by atoms with van der Waals surface area (Å²) in [6.07, 6.45) is 0. The van der Waals surface area contributed by atoms with Gasteiger partial charge in [-0.25, -0.2) is 9.59 Å². The first-order chi connectivity index (χ1) is 6.45. The lowest BCUT2D eigenvalue weighted by atomic mass is 10.2. The summed E-state index contributed by atoms with van der Waals surface area (Å²) in [4.78, 5) is 29.7. The van der Waals surface area contributed by atoms with Gasteiger partial charge in [0, 0.05) is 10.1 Å². The molecule has 0 radical (unpaired) electrons. The fourth-order valence-corrected chi connectivity index (χ4v) is 0.287. The fraction of sp³-hybridized carbons (Fsp3) is 0.750. The van der Waals surface area contributed by atoms with Crippen molar-refractivity contribution in [2.75, 3.05) is 0 Å². The van der Waals surface area contributed by atoms with Crippen LogP contribution in [-0.2, 0) is 29.4 Å². The second kappa shape index (κ2) is 6.33. The van der Waals surface area contributed by atoms with Gasteiger partial charge in [-0.2, -0.15) is 0 Å². The molecule has 0 heterocycles. The number of hydrogen-bond acceptors (Lipinski definition) is 6. The molecule has 0 amide bonds. The standard InChI is InChI=1S/C8H14O6/c1-5(2)7(9)11-13-14-12-8(10)6(3)4/h5-6H,1-4H3. The topological polar surface area (TPSA) is 71.1 Å². The molecule has 0 atom stereocenters. The Morgan fingerprint density at radius 3 is 1.29 bits per heavy atom. The number of rotatable bonds is 5. The molecule has 0 saturated carbocycles. The van der Waals surface area contributed by atoms with Gasteiger partial charge in [-0.05, 0) is 0 Å². The third kappa shape index (κ3) is 5.50. The summed E-state index contributed by atoms with van der Waals surface area (Å²) >= 11 is 0. The van der Waals surface area contributed by atoms with Crippen molar-refractivity contribution >= 4 is 11.9 Å². The maximum absolute atomic E-state index is 10.8. The largest absolute Gasteiger partial charge is 0.348 e. The average Bonchev–Trinajstić information content (AvgIpc) is 2.11. The van der Waals surface area contributed by atoms with E-state index in [2.05, 4.69) is 19.9 Å². The molecule has 6 nitrogen and oxygen atoms in total. The van der Waals surface area contributed by atoms with Gasteiger partial charge in [0.25, 0.3) is 0 Å². The summed E-state index contributed by atoms with van der Waals surface area (Å²) in [5.41, 5.74) is 0. The van der Waals surface area contributed by atoms with Crippen LogP contribution in [0.5, 0.6) is 0 Å². The predicted octanol–water partition coefficient (Wildman–Crippen LogP) is 1.16. The van der Waals surface area contributed by atoms with Crippen LogP contribution < -0.4 is 0 Å². The van der Waals surface area contributed by atoms with Crippen molar-refractivity contribution in [2.24, 2.45) is 11.8 Å². The lowest BCUT2D eigenvalue weighted by Crippen LogP contribution is -2.16. The molecule has 14 heavy (non-hydrogen) atoms. The second-order valence-electron chi connectivity index (χ2n) is 3.25. The van der Waals surface area contributed by atoms with Gasteiger partial charge in [0.05, 0.1) is 11.8 Å². The van der Waals surface area contributed by atoms with Crippen LogP contribution in [0.25, 0.3) is 0 Å². The highest BCUT2D eigenvalue weighted by Crippen LogP contribution is 1.99. The summed E-state index contributed by atoms with van der Waals surface area (Å²) in [6, 6.07) is 0. The highest BCUT2D eigenvalue weighted by molar-refractivity contribution is 5.71. The molecule has 0 aliphatic rings. The monoisotopic (exact) mass is 206 g/mol. The van der Waals surface area contributed by atoms with Crippen LogP contribution in [0.1, 0.15) is 27.7 Å². The van der Waals surface area contributed by atoms with E-state index in [1.54, 1.807) is 27.7 Å². The van der Waals surface area contributed by atoms with E-state index < -0.39 is 11.9 Å². The Hall–Kier alpha value is -1.14. The van der Waals surface area contributed by atoms with Gasteiger partial charge < -0.3 is 0 Å². The zero-order chi connectivity index (χ0) is 11.1. The molecule has 0 aliphatic carbocycles. The van der Waals surface area contributed by atoms with E-state index in [1.807, 2.05) is 0 Å². The molecule has 0 spiro atoms. The second-order valence-corrected chi connectivity index (χ2v) is 3.25. The minimum atomic E-state index is -0.620. The molecular weight excluding hydrogens is 192 g/mol. The maximum Gasteiger partial charge on any atom is 0.348 e. The number of hydrogen-bond donors (Lipinski definition) is 0. The van der Waals surface area contributed by atoms with E-state index in [4.69, 9.17) is 0 Å². The summed E-state index contributed by atoms with van der Waals surface area (Å²) in [5, 5.41) is 7.77. The minimum absolute atomic E-state index is 0.348. The van der Waals surface area contributed by atoms with Gasteiger partial charge in [-0.1, -0.05) is 27.7 Å². The first kappa shape index (κ1) is 12.9. The lowest BCUT2D eigenvalue weighted by Gasteiger charge is -2.04. The summed E-state index contributed by atoms with van der Waals surface area (Å²) in [6.45, 7) is 6.47. The van der Waals surface area contributed by atoms with Gasteiger partial charge in [0.2, 0.25) is 0 Å². The summed E-state index contributed by atoms with van der Waals surface area (Å²) < 4.78 is 0. The first-order valence-electron chi connectivity index (χ1n) is 4.20. The number of carbonyl (C=O) groups is 2. The first-order valence-corrected chi connectivity index (χ1v) is 4.20. The van der Waals surface area contributed by atoms with Gasteiger partial charge >= 0.3 is 11.9 Å². The van der Waals surface area contributed by atoms with Crippen LogP contribution in [0, 0.1) is 11.8 Å². The molecule has 0 bridgehead atoms. The van der Waals surface area contributed by atoms with Crippen LogP contribution in [0.4, 0.5) is 0 Å². The van der Waals surface area contributed by atoms with Gasteiger partial charge in [-0.15, -0.1) is 0 Å². The van der Waals surface area contributed by atoms with E-state index >= 15 is 0 Å². The van der Waals surface area contributed by atoms with E-state index in [1.165, 1.54) is 0 Å². The van der Waals surface area contributed by atoms with Crippen molar-refractivity contribution in [3.8, 4) is 0 Å². The number of carbonyl (C=O) groups excluding carboxylic acids is 2. The van der Waals surface area contributed by atoms with Crippen molar-refractivity contribution in [3.63, 3.8) is 0 Å². The SMILES string of the molecule is CC(C)C(=O)OOOOC(=O)C(C)C. The third-order valence-corrected chi connectivity index (χ3v) is 1.20. The molecule has 0 fully saturated rings. The molecule has 0 N–H and O–H groups in total. The highest BCUT2D eigenvalue weighted by Gasteiger charge is 2.13. The van der Waals surface area contributed by atoms with Crippen LogP contribution in [0.3, 0.4) is 0 Å². The average molecular weight is 206 g/mol. The zero-order valence-corrected chi connectivity index (χ0v) is 8.60. The smallest absolute Gasteiger partial charge is 0.266 e. The van der Waals surface area contributed by atoms with Gasteiger partial charge in [-0.3, -0.25) is 9.78 Å².